The molecule has 1 N–H and O–H groups in total. The van der Waals surface area contributed by atoms with Gasteiger partial charge in [0, 0.05) is 12.3 Å². The Labute approximate surface area is 147 Å². The Morgan fingerprint density at radius 2 is 1.40 bits per heavy atom. The highest BCUT2D eigenvalue weighted by Gasteiger charge is 2.42. The first kappa shape index (κ1) is 20.9. The third-order valence-electron chi connectivity index (χ3n) is 4.68. The second-order valence-electron chi connectivity index (χ2n) is 6.31. The molecular formula is C17H27NO7. The second kappa shape index (κ2) is 10.0. The lowest BCUT2D eigenvalue weighted by Gasteiger charge is -2.27. The van der Waals surface area contributed by atoms with E-state index in [2.05, 4.69) is 14.8 Å². The predicted molar refractivity (Wildman–Crippen MR) is 87.2 cm³/mol. The molecule has 0 unspecified atom stereocenters. The average Bonchev–Trinajstić information content (AvgIpc) is 3.11. The molecule has 1 saturated carbocycles. The van der Waals surface area contributed by atoms with Crippen molar-refractivity contribution in [1.82, 2.24) is 5.32 Å². The van der Waals surface area contributed by atoms with E-state index in [1.165, 1.54) is 14.0 Å². The molecular weight excluding hydrogens is 330 g/mol. The molecule has 0 aromatic rings. The van der Waals surface area contributed by atoms with Crippen molar-refractivity contribution in [2.45, 2.75) is 45.1 Å². The molecule has 1 rings (SSSR count). The summed E-state index contributed by atoms with van der Waals surface area (Å²) < 4.78 is 14.0. The quantitative estimate of drug-likeness (QED) is 0.389. The summed E-state index contributed by atoms with van der Waals surface area (Å²) in [5.41, 5.74) is 0. The Bertz CT molecular complexity index is 483. The van der Waals surface area contributed by atoms with Gasteiger partial charge in [0.1, 0.15) is 6.04 Å². The van der Waals surface area contributed by atoms with Crippen molar-refractivity contribution in [2.24, 2.45) is 17.8 Å². The van der Waals surface area contributed by atoms with E-state index in [1.54, 1.807) is 0 Å². The number of carbonyl (C=O) groups excluding carboxylic acids is 4. The van der Waals surface area contributed by atoms with E-state index < -0.39 is 35.8 Å². The van der Waals surface area contributed by atoms with Crippen LogP contribution >= 0.6 is 0 Å². The second-order valence-corrected chi connectivity index (χ2v) is 6.31. The van der Waals surface area contributed by atoms with E-state index in [0.29, 0.717) is 12.3 Å². The van der Waals surface area contributed by atoms with Crippen LogP contribution in [-0.4, -0.2) is 51.2 Å². The third-order valence-corrected chi connectivity index (χ3v) is 4.68. The van der Waals surface area contributed by atoms with Crippen molar-refractivity contribution in [3.8, 4) is 0 Å². The summed E-state index contributed by atoms with van der Waals surface area (Å²) in [6.07, 6.45) is 4.47. The molecule has 1 aliphatic carbocycles. The highest BCUT2D eigenvalue weighted by atomic mass is 16.5. The molecule has 0 heterocycles. The lowest BCUT2D eigenvalue weighted by Crippen LogP contribution is -2.51. The van der Waals surface area contributed by atoms with Gasteiger partial charge >= 0.3 is 17.9 Å². The van der Waals surface area contributed by atoms with Gasteiger partial charge in [-0.25, -0.2) is 4.79 Å². The number of amides is 1. The van der Waals surface area contributed by atoms with Gasteiger partial charge in [-0.2, -0.15) is 0 Å². The summed E-state index contributed by atoms with van der Waals surface area (Å²) in [6.45, 7) is 1.50. The zero-order valence-corrected chi connectivity index (χ0v) is 15.2. The molecule has 0 bridgehead atoms. The van der Waals surface area contributed by atoms with Crippen molar-refractivity contribution in [3.05, 3.63) is 0 Å². The summed E-state index contributed by atoms with van der Waals surface area (Å²) in [7, 11) is 3.45. The Morgan fingerprint density at radius 1 is 0.920 bits per heavy atom. The minimum Gasteiger partial charge on any atom is -0.468 e. The predicted octanol–water partition coefficient (Wildman–Crippen LogP) is 0.823. The Morgan fingerprint density at radius 3 is 1.84 bits per heavy atom. The monoisotopic (exact) mass is 357 g/mol. The standard InChI is InChI=1S/C17H27NO7/c1-10(13(15(20)23-2)16(21)24-3)14(17(22)25-4)18-12(19)9-11-7-5-6-8-11/h10-11,13-14H,5-9H2,1-4H3,(H,18,19)/t10-,14+/m1/s1. The number of esters is 3. The first-order valence-electron chi connectivity index (χ1n) is 8.38. The number of rotatable bonds is 8. The molecule has 1 fully saturated rings. The molecule has 0 aromatic heterocycles. The fraction of sp³-hybridized carbons (Fsp3) is 0.765. The lowest BCUT2D eigenvalue weighted by atomic mass is 9.87. The van der Waals surface area contributed by atoms with Gasteiger partial charge in [-0.05, 0) is 18.8 Å². The molecule has 1 aliphatic rings. The van der Waals surface area contributed by atoms with Gasteiger partial charge in [-0.15, -0.1) is 0 Å². The maximum Gasteiger partial charge on any atom is 0.328 e. The average molecular weight is 357 g/mol. The van der Waals surface area contributed by atoms with Crippen LogP contribution < -0.4 is 5.32 Å². The minimum atomic E-state index is -1.34. The number of carbonyl (C=O) groups is 4. The molecule has 8 heteroatoms. The van der Waals surface area contributed by atoms with Gasteiger partial charge in [-0.3, -0.25) is 14.4 Å². The summed E-state index contributed by atoms with van der Waals surface area (Å²) in [5.74, 6) is -4.64. The smallest absolute Gasteiger partial charge is 0.328 e. The van der Waals surface area contributed by atoms with Crippen LogP contribution in [-0.2, 0) is 33.4 Å². The number of hydrogen-bond donors (Lipinski definition) is 1. The molecule has 0 radical (unpaired) electrons. The first-order chi connectivity index (χ1) is 11.8. The Balaban J connectivity index is 2.90. The van der Waals surface area contributed by atoms with Gasteiger partial charge in [-0.1, -0.05) is 19.8 Å². The SMILES string of the molecule is COC(=O)C(C(=O)OC)[C@@H](C)[C@H](NC(=O)CC1CCCC1)C(=O)OC. The van der Waals surface area contributed by atoms with E-state index in [-0.39, 0.29) is 5.91 Å². The summed E-state index contributed by atoms with van der Waals surface area (Å²) in [6, 6.07) is -1.15. The van der Waals surface area contributed by atoms with Crippen LogP contribution in [0.4, 0.5) is 0 Å². The van der Waals surface area contributed by atoms with Crippen LogP contribution in [0.1, 0.15) is 39.0 Å². The molecule has 1 amide bonds. The number of nitrogens with one attached hydrogen (secondary N) is 1. The number of ether oxygens (including phenoxy) is 3. The van der Waals surface area contributed by atoms with E-state index in [1.807, 2.05) is 0 Å². The normalized spacial score (nSPS) is 16.8. The first-order valence-corrected chi connectivity index (χ1v) is 8.38. The highest BCUT2D eigenvalue weighted by Crippen LogP contribution is 2.28. The van der Waals surface area contributed by atoms with Crippen molar-refractivity contribution < 1.29 is 33.4 Å². The molecule has 25 heavy (non-hydrogen) atoms. The van der Waals surface area contributed by atoms with Crippen LogP contribution in [0.25, 0.3) is 0 Å². The maximum atomic E-state index is 12.3. The van der Waals surface area contributed by atoms with E-state index in [4.69, 9.17) is 4.74 Å². The molecule has 0 spiro atoms. The molecule has 0 saturated heterocycles. The molecule has 0 aromatic carbocycles. The molecule has 8 nitrogen and oxygen atoms in total. The molecule has 2 atom stereocenters. The third kappa shape index (κ3) is 5.72. The topological polar surface area (TPSA) is 108 Å². The van der Waals surface area contributed by atoms with Gasteiger partial charge in [0.05, 0.1) is 21.3 Å². The largest absolute Gasteiger partial charge is 0.468 e. The fourth-order valence-corrected chi connectivity index (χ4v) is 3.21. The van der Waals surface area contributed by atoms with Gasteiger partial charge in [0.25, 0.3) is 0 Å². The Hall–Kier alpha value is -2.12. The van der Waals surface area contributed by atoms with Crippen LogP contribution in [0.15, 0.2) is 0 Å². The Kier molecular flexibility index (Phi) is 8.37. The molecule has 142 valence electrons. The highest BCUT2D eigenvalue weighted by molar-refractivity contribution is 5.96. The maximum absolute atomic E-state index is 12.3. The van der Waals surface area contributed by atoms with Crippen molar-refractivity contribution in [3.63, 3.8) is 0 Å². The van der Waals surface area contributed by atoms with Gasteiger partial charge in [0.2, 0.25) is 5.91 Å². The number of hydrogen-bond acceptors (Lipinski definition) is 7. The van der Waals surface area contributed by atoms with Crippen LogP contribution in [0, 0.1) is 17.8 Å². The lowest BCUT2D eigenvalue weighted by molar-refractivity contribution is -0.163. The van der Waals surface area contributed by atoms with E-state index in [0.717, 1.165) is 39.9 Å². The molecule has 0 aliphatic heterocycles. The minimum absolute atomic E-state index is 0.297. The summed E-state index contributed by atoms with van der Waals surface area (Å²) in [5, 5.41) is 2.60. The fourth-order valence-electron chi connectivity index (χ4n) is 3.21. The van der Waals surface area contributed by atoms with E-state index >= 15 is 0 Å². The zero-order valence-electron chi connectivity index (χ0n) is 15.2. The van der Waals surface area contributed by atoms with Crippen molar-refractivity contribution in [2.75, 3.05) is 21.3 Å². The number of methoxy groups -OCH3 is 3. The van der Waals surface area contributed by atoms with Crippen LogP contribution in [0.5, 0.6) is 0 Å². The van der Waals surface area contributed by atoms with Crippen molar-refractivity contribution >= 4 is 23.8 Å². The zero-order chi connectivity index (χ0) is 19.0. The van der Waals surface area contributed by atoms with Gasteiger partial charge in [0.15, 0.2) is 5.92 Å². The van der Waals surface area contributed by atoms with Crippen LogP contribution in [0.2, 0.25) is 0 Å². The summed E-state index contributed by atoms with van der Waals surface area (Å²) in [4.78, 5) is 48.3. The summed E-state index contributed by atoms with van der Waals surface area (Å²) >= 11 is 0. The van der Waals surface area contributed by atoms with Crippen molar-refractivity contribution in [1.29, 1.82) is 0 Å². The van der Waals surface area contributed by atoms with Gasteiger partial charge < -0.3 is 19.5 Å². The van der Waals surface area contributed by atoms with E-state index in [9.17, 15) is 19.2 Å². The van der Waals surface area contributed by atoms with Crippen LogP contribution in [0.3, 0.4) is 0 Å².